The second-order valence-electron chi connectivity index (χ2n) is 8.23. The number of carbonyl (C=O) groups is 2. The molecule has 0 aliphatic rings. The van der Waals surface area contributed by atoms with Crippen molar-refractivity contribution in [3.8, 4) is 5.75 Å². The molecule has 0 fully saturated rings. The zero-order valence-electron chi connectivity index (χ0n) is 19.8. The highest BCUT2D eigenvalue weighted by molar-refractivity contribution is 7.90. The summed E-state index contributed by atoms with van der Waals surface area (Å²) in [4.78, 5) is 25.3. The summed E-state index contributed by atoms with van der Waals surface area (Å²) in [6, 6.07) is 16.7. The van der Waals surface area contributed by atoms with Crippen LogP contribution in [0.4, 0.5) is 11.4 Å². The van der Waals surface area contributed by atoms with Gasteiger partial charge in [0.05, 0.1) is 4.90 Å². The molecule has 0 aromatic heterocycles. The average Bonchev–Trinajstić information content (AvgIpc) is 2.78. The van der Waals surface area contributed by atoms with Gasteiger partial charge in [0.2, 0.25) is 0 Å². The Morgan fingerprint density at radius 1 is 0.882 bits per heavy atom. The van der Waals surface area contributed by atoms with Crippen molar-refractivity contribution in [1.29, 1.82) is 0 Å². The number of rotatable bonds is 7. The monoisotopic (exact) mass is 480 g/mol. The van der Waals surface area contributed by atoms with E-state index in [0.29, 0.717) is 17.1 Å². The summed E-state index contributed by atoms with van der Waals surface area (Å²) >= 11 is 0. The molecule has 34 heavy (non-hydrogen) atoms. The summed E-state index contributed by atoms with van der Waals surface area (Å²) in [5.41, 5.74) is 4.15. The molecular formula is C26H28N2O5S. The van der Waals surface area contributed by atoms with Crippen molar-refractivity contribution in [2.75, 3.05) is 16.9 Å². The fourth-order valence-corrected chi connectivity index (χ4v) is 3.95. The molecule has 0 heterocycles. The third-order valence-electron chi connectivity index (χ3n) is 5.49. The molecule has 1 unspecified atom stereocenters. The lowest BCUT2D eigenvalue weighted by molar-refractivity contribution is -0.122. The van der Waals surface area contributed by atoms with Crippen LogP contribution in [0.5, 0.6) is 5.75 Å². The Morgan fingerprint density at radius 2 is 1.59 bits per heavy atom. The van der Waals surface area contributed by atoms with E-state index >= 15 is 0 Å². The normalized spacial score (nSPS) is 12.0. The maximum absolute atomic E-state index is 12.6. The Balaban J connectivity index is 1.67. The molecule has 0 spiro atoms. The molecule has 0 bridgehead atoms. The Labute approximate surface area is 200 Å². The minimum absolute atomic E-state index is 0.0760. The minimum Gasteiger partial charge on any atom is -0.481 e. The maximum atomic E-state index is 12.6. The van der Waals surface area contributed by atoms with Crippen LogP contribution in [0.3, 0.4) is 0 Å². The van der Waals surface area contributed by atoms with Crippen LogP contribution in [-0.2, 0) is 14.6 Å². The average molecular weight is 481 g/mol. The Bertz CT molecular complexity index is 1350. The van der Waals surface area contributed by atoms with Crippen molar-refractivity contribution in [2.24, 2.45) is 0 Å². The summed E-state index contributed by atoms with van der Waals surface area (Å²) in [6.45, 7) is 7.42. The number of sulfone groups is 1. The zero-order valence-corrected chi connectivity index (χ0v) is 20.6. The van der Waals surface area contributed by atoms with Crippen LogP contribution in [0.2, 0.25) is 0 Å². The summed E-state index contributed by atoms with van der Waals surface area (Å²) < 4.78 is 29.3. The number of carbonyl (C=O) groups excluding carboxylic acids is 2. The van der Waals surface area contributed by atoms with E-state index in [2.05, 4.69) is 10.6 Å². The predicted octanol–water partition coefficient (Wildman–Crippen LogP) is 4.67. The standard InChI is InChI=1S/C26H28N2O5S/c1-16-8-6-11-24(18(16)3)33-19(4)25(29)27-21-12-13-23(17(2)14-21)28-26(30)20-9-7-10-22(15-20)34(5,31)32/h6-15,19H,1-5H3,(H,27,29)(H,28,30). The van der Waals surface area contributed by atoms with E-state index in [1.165, 1.54) is 18.2 Å². The summed E-state index contributed by atoms with van der Waals surface area (Å²) in [5.74, 6) is -0.0625. The fourth-order valence-electron chi connectivity index (χ4n) is 3.28. The second-order valence-corrected chi connectivity index (χ2v) is 10.2. The van der Waals surface area contributed by atoms with E-state index < -0.39 is 21.8 Å². The number of anilines is 2. The first kappa shape index (κ1) is 25.0. The summed E-state index contributed by atoms with van der Waals surface area (Å²) in [5, 5.41) is 5.61. The number of nitrogens with one attached hydrogen (secondary N) is 2. The van der Waals surface area contributed by atoms with Crippen molar-refractivity contribution in [2.45, 2.75) is 38.7 Å². The third-order valence-corrected chi connectivity index (χ3v) is 6.60. The molecule has 0 aliphatic carbocycles. The molecule has 0 radical (unpaired) electrons. The van der Waals surface area contributed by atoms with Crippen LogP contribution >= 0.6 is 0 Å². The molecule has 3 rings (SSSR count). The van der Waals surface area contributed by atoms with Gasteiger partial charge in [-0.05, 0) is 86.8 Å². The number of hydrogen-bond donors (Lipinski definition) is 2. The van der Waals surface area contributed by atoms with Gasteiger partial charge in [-0.2, -0.15) is 0 Å². The lowest BCUT2D eigenvalue weighted by Crippen LogP contribution is -2.30. The van der Waals surface area contributed by atoms with Crippen LogP contribution in [0.15, 0.2) is 65.6 Å². The van der Waals surface area contributed by atoms with Gasteiger partial charge in [0.25, 0.3) is 11.8 Å². The van der Waals surface area contributed by atoms with E-state index in [9.17, 15) is 18.0 Å². The topological polar surface area (TPSA) is 102 Å². The highest BCUT2D eigenvalue weighted by Crippen LogP contribution is 2.24. The molecule has 8 heteroatoms. The fraction of sp³-hybridized carbons (Fsp3) is 0.231. The number of benzene rings is 3. The van der Waals surface area contributed by atoms with Gasteiger partial charge < -0.3 is 15.4 Å². The van der Waals surface area contributed by atoms with Gasteiger partial charge in [0.15, 0.2) is 15.9 Å². The Kier molecular flexibility index (Phi) is 7.41. The quantitative estimate of drug-likeness (QED) is 0.512. The number of ether oxygens (including phenoxy) is 1. The van der Waals surface area contributed by atoms with Gasteiger partial charge in [0.1, 0.15) is 5.75 Å². The largest absolute Gasteiger partial charge is 0.481 e. The first-order chi connectivity index (χ1) is 16.0. The number of aryl methyl sites for hydroxylation is 2. The van der Waals surface area contributed by atoms with Gasteiger partial charge in [-0.15, -0.1) is 0 Å². The third kappa shape index (κ3) is 6.02. The second kappa shape index (κ2) is 10.1. The minimum atomic E-state index is -3.42. The van der Waals surface area contributed by atoms with E-state index in [4.69, 9.17) is 4.74 Å². The Hall–Kier alpha value is -3.65. The van der Waals surface area contributed by atoms with Gasteiger partial charge in [-0.25, -0.2) is 8.42 Å². The SMILES string of the molecule is Cc1cc(NC(=O)C(C)Oc2cccc(C)c2C)ccc1NC(=O)c1cccc(S(C)(=O)=O)c1. The molecule has 3 aromatic rings. The number of amides is 2. The molecule has 3 aromatic carbocycles. The zero-order chi connectivity index (χ0) is 25.0. The molecule has 0 aliphatic heterocycles. The van der Waals surface area contributed by atoms with Gasteiger partial charge in [-0.3, -0.25) is 9.59 Å². The van der Waals surface area contributed by atoms with Crippen molar-refractivity contribution < 1.29 is 22.7 Å². The predicted molar refractivity (Wildman–Crippen MR) is 133 cm³/mol. The van der Waals surface area contributed by atoms with E-state index in [1.54, 1.807) is 38.1 Å². The maximum Gasteiger partial charge on any atom is 0.265 e. The molecular weight excluding hydrogens is 452 g/mol. The lowest BCUT2D eigenvalue weighted by Gasteiger charge is -2.18. The van der Waals surface area contributed by atoms with Crippen LogP contribution < -0.4 is 15.4 Å². The van der Waals surface area contributed by atoms with E-state index in [0.717, 1.165) is 22.9 Å². The first-order valence-corrected chi connectivity index (χ1v) is 12.6. The van der Waals surface area contributed by atoms with Crippen LogP contribution in [0.25, 0.3) is 0 Å². The first-order valence-electron chi connectivity index (χ1n) is 10.7. The molecule has 1 atom stereocenters. The molecule has 0 saturated heterocycles. The van der Waals surface area contributed by atoms with Crippen molar-refractivity contribution in [3.63, 3.8) is 0 Å². The van der Waals surface area contributed by atoms with Gasteiger partial charge >= 0.3 is 0 Å². The summed E-state index contributed by atoms with van der Waals surface area (Å²) in [7, 11) is -3.42. The van der Waals surface area contributed by atoms with E-state index in [1.807, 2.05) is 32.0 Å². The molecule has 7 nitrogen and oxygen atoms in total. The summed E-state index contributed by atoms with van der Waals surface area (Å²) in [6.07, 6.45) is 0.386. The lowest BCUT2D eigenvalue weighted by atomic mass is 10.1. The van der Waals surface area contributed by atoms with Crippen LogP contribution in [0.1, 0.15) is 34.0 Å². The number of hydrogen-bond acceptors (Lipinski definition) is 5. The molecule has 178 valence electrons. The van der Waals surface area contributed by atoms with Crippen molar-refractivity contribution in [3.05, 3.63) is 82.9 Å². The van der Waals surface area contributed by atoms with Gasteiger partial charge in [0, 0.05) is 23.2 Å². The smallest absolute Gasteiger partial charge is 0.265 e. The highest BCUT2D eigenvalue weighted by Gasteiger charge is 2.17. The van der Waals surface area contributed by atoms with Crippen molar-refractivity contribution in [1.82, 2.24) is 0 Å². The van der Waals surface area contributed by atoms with Crippen LogP contribution in [0, 0.1) is 20.8 Å². The van der Waals surface area contributed by atoms with Crippen LogP contribution in [-0.4, -0.2) is 32.6 Å². The van der Waals surface area contributed by atoms with Gasteiger partial charge in [-0.1, -0.05) is 18.2 Å². The Morgan fingerprint density at radius 3 is 2.26 bits per heavy atom. The highest BCUT2D eigenvalue weighted by atomic mass is 32.2. The molecule has 2 N–H and O–H groups in total. The molecule has 0 saturated carbocycles. The van der Waals surface area contributed by atoms with Crippen molar-refractivity contribution >= 4 is 33.0 Å². The molecule has 2 amide bonds. The van der Waals surface area contributed by atoms with E-state index in [-0.39, 0.29) is 16.4 Å².